The second kappa shape index (κ2) is 3.42. The van der Waals surface area contributed by atoms with Crippen LogP contribution in [0.2, 0.25) is 0 Å². The molecule has 0 aliphatic heterocycles. The Morgan fingerprint density at radius 3 is 2.80 bits per heavy atom. The SMILES string of the molecule is COC(=O)c1ccc2c(C)cn(C)c2c1. The molecule has 3 nitrogen and oxygen atoms in total. The lowest BCUT2D eigenvalue weighted by Crippen LogP contribution is -2.00. The lowest BCUT2D eigenvalue weighted by Gasteiger charge is -2.01. The summed E-state index contributed by atoms with van der Waals surface area (Å²) in [6.45, 7) is 2.06. The minimum Gasteiger partial charge on any atom is -0.465 e. The Kier molecular flexibility index (Phi) is 2.23. The Balaban J connectivity index is 2.65. The van der Waals surface area contributed by atoms with Gasteiger partial charge in [-0.2, -0.15) is 0 Å². The molecule has 0 saturated carbocycles. The van der Waals surface area contributed by atoms with E-state index in [1.165, 1.54) is 18.1 Å². The summed E-state index contributed by atoms with van der Waals surface area (Å²) < 4.78 is 6.69. The summed E-state index contributed by atoms with van der Waals surface area (Å²) in [5.41, 5.74) is 2.85. The van der Waals surface area contributed by atoms with Crippen LogP contribution < -0.4 is 0 Å². The quantitative estimate of drug-likeness (QED) is 0.666. The topological polar surface area (TPSA) is 31.2 Å². The molecule has 1 aromatic heterocycles. The van der Waals surface area contributed by atoms with Crippen molar-refractivity contribution in [2.75, 3.05) is 7.11 Å². The van der Waals surface area contributed by atoms with Gasteiger partial charge in [0.15, 0.2) is 0 Å². The van der Waals surface area contributed by atoms with E-state index in [1.807, 2.05) is 29.9 Å². The van der Waals surface area contributed by atoms with Crippen molar-refractivity contribution >= 4 is 16.9 Å². The number of carbonyl (C=O) groups is 1. The third kappa shape index (κ3) is 1.50. The Morgan fingerprint density at radius 1 is 1.40 bits per heavy atom. The van der Waals surface area contributed by atoms with Gasteiger partial charge in [-0.25, -0.2) is 4.79 Å². The fourth-order valence-corrected chi connectivity index (χ4v) is 1.83. The van der Waals surface area contributed by atoms with Crippen LogP contribution in [-0.2, 0) is 11.8 Å². The first-order valence-corrected chi connectivity index (χ1v) is 4.77. The van der Waals surface area contributed by atoms with Crippen LogP contribution in [0.5, 0.6) is 0 Å². The van der Waals surface area contributed by atoms with Crippen molar-refractivity contribution in [3.63, 3.8) is 0 Å². The lowest BCUT2D eigenvalue weighted by molar-refractivity contribution is 0.0601. The third-order valence-corrected chi connectivity index (χ3v) is 2.61. The maximum absolute atomic E-state index is 11.3. The summed E-state index contributed by atoms with van der Waals surface area (Å²) in [7, 11) is 3.36. The zero-order valence-electron chi connectivity index (χ0n) is 9.07. The average Bonchev–Trinajstić information content (AvgIpc) is 2.53. The molecule has 15 heavy (non-hydrogen) atoms. The third-order valence-electron chi connectivity index (χ3n) is 2.61. The van der Waals surface area contributed by atoms with Gasteiger partial charge in [-0.05, 0) is 24.6 Å². The first-order chi connectivity index (χ1) is 7.13. The van der Waals surface area contributed by atoms with Crippen LogP contribution in [0.1, 0.15) is 15.9 Å². The molecule has 0 N–H and O–H groups in total. The van der Waals surface area contributed by atoms with E-state index in [4.69, 9.17) is 0 Å². The number of rotatable bonds is 1. The Labute approximate surface area is 88.3 Å². The molecule has 0 saturated heterocycles. The van der Waals surface area contributed by atoms with Crippen LogP contribution in [0.3, 0.4) is 0 Å². The molecular formula is C12H13NO2. The molecular weight excluding hydrogens is 190 g/mol. The predicted molar refractivity (Wildman–Crippen MR) is 59.0 cm³/mol. The van der Waals surface area contributed by atoms with Gasteiger partial charge in [0, 0.05) is 24.1 Å². The van der Waals surface area contributed by atoms with Crippen molar-refractivity contribution in [2.45, 2.75) is 6.92 Å². The number of nitrogens with zero attached hydrogens (tertiary/aromatic N) is 1. The number of methoxy groups -OCH3 is 1. The zero-order valence-corrected chi connectivity index (χ0v) is 9.07. The fraction of sp³-hybridized carbons (Fsp3) is 0.250. The minimum atomic E-state index is -0.296. The summed E-state index contributed by atoms with van der Waals surface area (Å²) >= 11 is 0. The van der Waals surface area contributed by atoms with E-state index in [0.29, 0.717) is 5.56 Å². The average molecular weight is 203 g/mol. The number of hydrogen-bond donors (Lipinski definition) is 0. The fourth-order valence-electron chi connectivity index (χ4n) is 1.83. The van der Waals surface area contributed by atoms with Gasteiger partial charge in [-0.1, -0.05) is 6.07 Å². The van der Waals surface area contributed by atoms with Gasteiger partial charge in [0.1, 0.15) is 0 Å². The van der Waals surface area contributed by atoms with Crippen LogP contribution in [-0.4, -0.2) is 17.6 Å². The molecule has 2 rings (SSSR count). The molecule has 0 fully saturated rings. The van der Waals surface area contributed by atoms with E-state index in [1.54, 1.807) is 6.07 Å². The first kappa shape index (κ1) is 9.77. The van der Waals surface area contributed by atoms with Gasteiger partial charge in [0.2, 0.25) is 0 Å². The van der Waals surface area contributed by atoms with Crippen molar-refractivity contribution in [3.05, 3.63) is 35.5 Å². The maximum Gasteiger partial charge on any atom is 0.337 e. The lowest BCUT2D eigenvalue weighted by atomic mass is 10.1. The highest BCUT2D eigenvalue weighted by Crippen LogP contribution is 2.21. The highest BCUT2D eigenvalue weighted by molar-refractivity contribution is 5.95. The highest BCUT2D eigenvalue weighted by atomic mass is 16.5. The van der Waals surface area contributed by atoms with Gasteiger partial charge < -0.3 is 9.30 Å². The van der Waals surface area contributed by atoms with E-state index < -0.39 is 0 Å². The standard InChI is InChI=1S/C12H13NO2/c1-8-7-13(2)11-6-9(12(14)15-3)4-5-10(8)11/h4-7H,1-3H3. The zero-order chi connectivity index (χ0) is 11.0. The Morgan fingerprint density at radius 2 is 2.13 bits per heavy atom. The molecule has 0 unspecified atom stereocenters. The molecule has 0 bridgehead atoms. The van der Waals surface area contributed by atoms with Gasteiger partial charge in [0.25, 0.3) is 0 Å². The molecule has 3 heteroatoms. The molecule has 78 valence electrons. The second-order valence-corrected chi connectivity index (χ2v) is 3.65. The molecule has 0 spiro atoms. The molecule has 0 atom stereocenters. The van der Waals surface area contributed by atoms with Crippen LogP contribution in [0, 0.1) is 6.92 Å². The van der Waals surface area contributed by atoms with E-state index in [2.05, 4.69) is 11.7 Å². The van der Waals surface area contributed by atoms with E-state index in [0.717, 1.165) is 5.52 Å². The van der Waals surface area contributed by atoms with Crippen molar-refractivity contribution in [2.24, 2.45) is 7.05 Å². The van der Waals surface area contributed by atoms with E-state index in [-0.39, 0.29) is 5.97 Å². The van der Waals surface area contributed by atoms with Crippen molar-refractivity contribution in [3.8, 4) is 0 Å². The van der Waals surface area contributed by atoms with Crippen molar-refractivity contribution < 1.29 is 9.53 Å². The normalized spacial score (nSPS) is 10.6. The van der Waals surface area contributed by atoms with Gasteiger partial charge >= 0.3 is 5.97 Å². The number of aryl methyl sites for hydroxylation is 2. The number of hydrogen-bond acceptors (Lipinski definition) is 2. The smallest absolute Gasteiger partial charge is 0.337 e. The summed E-state index contributed by atoms with van der Waals surface area (Å²) in [6.07, 6.45) is 2.05. The van der Waals surface area contributed by atoms with Gasteiger partial charge in [0.05, 0.1) is 12.7 Å². The molecule has 2 aromatic rings. The maximum atomic E-state index is 11.3. The molecule has 0 amide bonds. The summed E-state index contributed by atoms with van der Waals surface area (Å²) in [5.74, 6) is -0.296. The van der Waals surface area contributed by atoms with Gasteiger partial charge in [-0.15, -0.1) is 0 Å². The van der Waals surface area contributed by atoms with Crippen molar-refractivity contribution in [1.29, 1.82) is 0 Å². The number of benzene rings is 1. The predicted octanol–water partition coefficient (Wildman–Crippen LogP) is 2.27. The van der Waals surface area contributed by atoms with Gasteiger partial charge in [-0.3, -0.25) is 0 Å². The molecule has 0 radical (unpaired) electrons. The van der Waals surface area contributed by atoms with E-state index >= 15 is 0 Å². The molecule has 1 aromatic carbocycles. The number of aromatic nitrogens is 1. The minimum absolute atomic E-state index is 0.296. The molecule has 0 aliphatic rings. The van der Waals surface area contributed by atoms with Crippen molar-refractivity contribution in [1.82, 2.24) is 4.57 Å². The summed E-state index contributed by atoms with van der Waals surface area (Å²) in [6, 6.07) is 5.60. The van der Waals surface area contributed by atoms with Crippen LogP contribution in [0.15, 0.2) is 24.4 Å². The number of fused-ring (bicyclic) bond motifs is 1. The molecule has 1 heterocycles. The van der Waals surface area contributed by atoms with E-state index in [9.17, 15) is 4.79 Å². The Bertz CT molecular complexity index is 526. The first-order valence-electron chi connectivity index (χ1n) is 4.77. The Hall–Kier alpha value is -1.77. The van der Waals surface area contributed by atoms with Crippen LogP contribution >= 0.6 is 0 Å². The monoisotopic (exact) mass is 203 g/mol. The largest absolute Gasteiger partial charge is 0.465 e. The summed E-state index contributed by atoms with van der Waals surface area (Å²) in [5, 5.41) is 1.17. The number of carbonyl (C=O) groups excluding carboxylic acids is 1. The van der Waals surface area contributed by atoms with Crippen LogP contribution in [0.4, 0.5) is 0 Å². The molecule has 0 aliphatic carbocycles. The second-order valence-electron chi connectivity index (χ2n) is 3.65. The highest BCUT2D eigenvalue weighted by Gasteiger charge is 2.08. The summed E-state index contributed by atoms with van der Waals surface area (Å²) in [4.78, 5) is 11.3. The number of esters is 1. The van der Waals surface area contributed by atoms with Crippen LogP contribution in [0.25, 0.3) is 10.9 Å². The number of ether oxygens (including phenoxy) is 1.